The van der Waals surface area contributed by atoms with Gasteiger partial charge < -0.3 is 0 Å². The number of carbonyl (C=O) groups is 1. The van der Waals surface area contributed by atoms with Crippen LogP contribution in [0.15, 0.2) is 59.0 Å². The van der Waals surface area contributed by atoms with Crippen molar-refractivity contribution in [2.24, 2.45) is 11.3 Å². The molecule has 0 saturated carbocycles. The van der Waals surface area contributed by atoms with E-state index in [0.29, 0.717) is 24.3 Å². The molecule has 140 valence electrons. The molecule has 1 aromatic rings. The van der Waals surface area contributed by atoms with Gasteiger partial charge in [0.2, 0.25) is 0 Å². The van der Waals surface area contributed by atoms with Gasteiger partial charge in [0, 0.05) is 5.57 Å². The van der Waals surface area contributed by atoms with Gasteiger partial charge in [0.05, 0.1) is 10.9 Å². The topological polar surface area (TPSA) is 54.5 Å². The number of benzene rings is 1. The Labute approximate surface area is 156 Å². The maximum Gasteiger partial charge on any atom is 0.267 e. The van der Waals surface area contributed by atoms with Gasteiger partial charge in [-0.25, -0.2) is 12.7 Å². The number of rotatable bonds is 4. The van der Waals surface area contributed by atoms with Crippen molar-refractivity contribution in [1.29, 1.82) is 0 Å². The average molecular weight is 374 g/mol. The summed E-state index contributed by atoms with van der Waals surface area (Å²) in [5.74, 6) is 0.101. The lowest BCUT2D eigenvalue weighted by Crippen LogP contribution is -2.40. The fraction of sp³-hybridized carbons (Fsp3) is 0.476. The van der Waals surface area contributed by atoms with Crippen LogP contribution in [0.2, 0.25) is 0 Å². The summed E-state index contributed by atoms with van der Waals surface area (Å²) in [6.45, 7) is 10.4. The molecule has 26 heavy (non-hydrogen) atoms. The second-order valence-electron chi connectivity index (χ2n) is 8.27. The molecule has 0 radical (unpaired) electrons. The molecule has 0 saturated heterocycles. The summed E-state index contributed by atoms with van der Waals surface area (Å²) in [6.07, 6.45) is 4.53. The Morgan fingerprint density at radius 3 is 2.46 bits per heavy atom. The maximum absolute atomic E-state index is 13.2. The Morgan fingerprint density at radius 1 is 1.23 bits per heavy atom. The quantitative estimate of drug-likeness (QED) is 0.739. The number of hydrogen-bond donors (Lipinski definition) is 0. The lowest BCUT2D eigenvalue weighted by molar-refractivity contribution is -0.122. The second kappa shape index (κ2) is 6.69. The third-order valence-corrected chi connectivity index (χ3v) is 7.46. The molecule has 2 unspecified atom stereocenters. The largest absolute Gasteiger partial charge is 0.268 e. The summed E-state index contributed by atoms with van der Waals surface area (Å²) in [5, 5.41) is 0. The Bertz CT molecular complexity index is 847. The molecular formula is C21H27NO3S. The summed E-state index contributed by atoms with van der Waals surface area (Å²) in [5.41, 5.74) is 1.84. The summed E-state index contributed by atoms with van der Waals surface area (Å²) in [6, 6.07) is 7.78. The monoisotopic (exact) mass is 373 g/mol. The van der Waals surface area contributed by atoms with Crippen LogP contribution in [-0.2, 0) is 14.8 Å². The first-order chi connectivity index (χ1) is 12.2. The smallest absolute Gasteiger partial charge is 0.267 e. The summed E-state index contributed by atoms with van der Waals surface area (Å²) in [4.78, 5) is 13.2. The highest BCUT2D eigenvalue weighted by Crippen LogP contribution is 2.47. The molecule has 0 aromatic heterocycles. The van der Waals surface area contributed by atoms with E-state index in [4.69, 9.17) is 0 Å². The highest BCUT2D eigenvalue weighted by molar-refractivity contribution is 7.89. The van der Waals surface area contributed by atoms with E-state index in [1.165, 1.54) is 0 Å². The predicted molar refractivity (Wildman–Crippen MR) is 103 cm³/mol. The van der Waals surface area contributed by atoms with Gasteiger partial charge in [-0.15, -0.1) is 6.58 Å². The number of nitrogens with zero attached hydrogens (tertiary/aromatic N) is 1. The van der Waals surface area contributed by atoms with Gasteiger partial charge >= 0.3 is 0 Å². The molecule has 3 rings (SSSR count). The first-order valence-electron chi connectivity index (χ1n) is 9.14. The van der Waals surface area contributed by atoms with Crippen molar-refractivity contribution >= 4 is 15.9 Å². The zero-order valence-corrected chi connectivity index (χ0v) is 16.6. The van der Waals surface area contributed by atoms with Crippen LogP contribution in [0.5, 0.6) is 0 Å². The summed E-state index contributed by atoms with van der Waals surface area (Å²) < 4.78 is 27.5. The number of sulfonamides is 1. The van der Waals surface area contributed by atoms with Crippen LogP contribution in [0.25, 0.3) is 0 Å². The molecule has 5 heteroatoms. The van der Waals surface area contributed by atoms with Gasteiger partial charge in [-0.3, -0.25) is 4.79 Å². The Balaban J connectivity index is 2.02. The van der Waals surface area contributed by atoms with Gasteiger partial charge in [0.1, 0.15) is 0 Å². The maximum atomic E-state index is 13.2. The van der Waals surface area contributed by atoms with Crippen LogP contribution in [0, 0.1) is 11.3 Å². The molecule has 1 aliphatic carbocycles. The van der Waals surface area contributed by atoms with E-state index >= 15 is 0 Å². The van der Waals surface area contributed by atoms with Crippen molar-refractivity contribution < 1.29 is 13.2 Å². The van der Waals surface area contributed by atoms with Gasteiger partial charge in [0.25, 0.3) is 15.9 Å². The summed E-state index contributed by atoms with van der Waals surface area (Å²) in [7, 11) is -3.88. The molecule has 2 aliphatic rings. The minimum absolute atomic E-state index is 0.131. The van der Waals surface area contributed by atoms with E-state index in [1.807, 2.05) is 0 Å². The number of amides is 1. The van der Waals surface area contributed by atoms with E-state index in [-0.39, 0.29) is 16.2 Å². The molecule has 1 aromatic carbocycles. The van der Waals surface area contributed by atoms with Crippen LogP contribution >= 0.6 is 0 Å². The number of carbonyl (C=O) groups excluding carboxylic acids is 1. The zero-order valence-electron chi connectivity index (χ0n) is 15.7. The lowest BCUT2D eigenvalue weighted by atomic mass is 9.70. The third kappa shape index (κ3) is 3.13. The van der Waals surface area contributed by atoms with Crippen molar-refractivity contribution in [3.8, 4) is 0 Å². The van der Waals surface area contributed by atoms with Gasteiger partial charge in [0.15, 0.2) is 0 Å². The molecule has 2 atom stereocenters. The predicted octanol–water partition coefficient (Wildman–Crippen LogP) is 4.31. The van der Waals surface area contributed by atoms with Gasteiger partial charge in [-0.05, 0) is 54.7 Å². The Hall–Kier alpha value is -1.88. The highest BCUT2D eigenvalue weighted by Gasteiger charge is 2.48. The van der Waals surface area contributed by atoms with Gasteiger partial charge in [-0.2, -0.15) is 0 Å². The van der Waals surface area contributed by atoms with Crippen LogP contribution in [-0.4, -0.2) is 24.7 Å². The zero-order chi connectivity index (χ0) is 19.1. The average Bonchev–Trinajstić information content (AvgIpc) is 2.88. The van der Waals surface area contributed by atoms with Crippen LogP contribution < -0.4 is 0 Å². The van der Waals surface area contributed by atoms with Gasteiger partial charge in [-0.1, -0.05) is 45.0 Å². The molecule has 0 N–H and O–H groups in total. The SMILES string of the molecule is C=CCC1C2=C(CCC(C(C)(C)C)C2)C(=O)N1S(=O)(=O)c1ccccc1. The molecule has 0 fully saturated rings. The van der Waals surface area contributed by atoms with Crippen molar-refractivity contribution in [3.05, 3.63) is 54.1 Å². The van der Waals surface area contributed by atoms with Crippen molar-refractivity contribution in [2.75, 3.05) is 0 Å². The second-order valence-corrected chi connectivity index (χ2v) is 10.1. The lowest BCUT2D eigenvalue weighted by Gasteiger charge is -2.35. The van der Waals surface area contributed by atoms with Crippen molar-refractivity contribution in [3.63, 3.8) is 0 Å². The van der Waals surface area contributed by atoms with E-state index in [2.05, 4.69) is 27.4 Å². The fourth-order valence-corrected chi connectivity index (χ4v) is 5.69. The van der Waals surface area contributed by atoms with E-state index in [1.54, 1.807) is 36.4 Å². The van der Waals surface area contributed by atoms with Crippen LogP contribution in [0.3, 0.4) is 0 Å². The minimum atomic E-state index is -3.88. The first-order valence-corrected chi connectivity index (χ1v) is 10.6. The van der Waals surface area contributed by atoms with E-state index in [9.17, 15) is 13.2 Å². The first kappa shape index (κ1) is 18.9. The normalized spacial score (nSPS) is 24.0. The highest BCUT2D eigenvalue weighted by atomic mass is 32.2. The molecular weight excluding hydrogens is 346 g/mol. The Kier molecular flexibility index (Phi) is 4.86. The fourth-order valence-electron chi connectivity index (χ4n) is 4.09. The standard InChI is InChI=1S/C21H27NO3S/c1-5-9-19-18-14-15(21(2,3)4)12-13-17(18)20(23)22(19)26(24,25)16-10-7-6-8-11-16/h5-8,10-11,15,19H,1,9,12-14H2,2-4H3. The third-order valence-electron chi connectivity index (χ3n) is 5.66. The molecule has 1 aliphatic heterocycles. The number of hydrogen-bond acceptors (Lipinski definition) is 3. The van der Waals surface area contributed by atoms with E-state index < -0.39 is 16.1 Å². The molecule has 1 heterocycles. The van der Waals surface area contributed by atoms with Crippen molar-refractivity contribution in [2.45, 2.75) is 57.4 Å². The van der Waals surface area contributed by atoms with Crippen molar-refractivity contribution in [1.82, 2.24) is 4.31 Å². The summed E-state index contributed by atoms with van der Waals surface area (Å²) >= 11 is 0. The molecule has 0 spiro atoms. The van der Waals surface area contributed by atoms with E-state index in [0.717, 1.165) is 22.7 Å². The molecule has 1 amide bonds. The minimum Gasteiger partial charge on any atom is -0.268 e. The molecule has 4 nitrogen and oxygen atoms in total. The Morgan fingerprint density at radius 2 is 1.88 bits per heavy atom. The molecule has 0 bridgehead atoms. The van der Waals surface area contributed by atoms with Crippen LogP contribution in [0.4, 0.5) is 0 Å². The van der Waals surface area contributed by atoms with Crippen LogP contribution in [0.1, 0.15) is 46.5 Å².